The SMILES string of the molecule is NS(=O)(=O)c1ccc(NC(=O)CN2CCN(c3ccc4c(c3)OCO4)CC2)cc1. The highest BCUT2D eigenvalue weighted by molar-refractivity contribution is 7.89. The minimum absolute atomic E-state index is 0.00939. The average Bonchev–Trinajstić information content (AvgIpc) is 3.16. The molecule has 29 heavy (non-hydrogen) atoms. The van der Waals surface area contributed by atoms with Gasteiger partial charge in [-0.1, -0.05) is 0 Å². The van der Waals surface area contributed by atoms with Crippen molar-refractivity contribution in [2.75, 3.05) is 49.7 Å². The van der Waals surface area contributed by atoms with Crippen LogP contribution in [0.3, 0.4) is 0 Å². The van der Waals surface area contributed by atoms with Gasteiger partial charge in [-0.3, -0.25) is 9.69 Å². The Morgan fingerprint density at radius 2 is 1.69 bits per heavy atom. The molecule has 0 aromatic heterocycles. The Morgan fingerprint density at radius 1 is 1.00 bits per heavy atom. The predicted octanol–water partition coefficient (Wildman–Crippen LogP) is 0.823. The van der Waals surface area contributed by atoms with Gasteiger partial charge in [-0.25, -0.2) is 13.6 Å². The van der Waals surface area contributed by atoms with E-state index in [1.54, 1.807) is 0 Å². The summed E-state index contributed by atoms with van der Waals surface area (Å²) < 4.78 is 33.3. The summed E-state index contributed by atoms with van der Waals surface area (Å²) in [6.07, 6.45) is 0. The Labute approximate surface area is 169 Å². The van der Waals surface area contributed by atoms with E-state index in [9.17, 15) is 13.2 Å². The fourth-order valence-corrected chi connectivity index (χ4v) is 3.89. The molecule has 0 unspecified atom stereocenters. The van der Waals surface area contributed by atoms with E-state index in [1.807, 2.05) is 18.2 Å². The van der Waals surface area contributed by atoms with Crippen LogP contribution in [-0.2, 0) is 14.8 Å². The van der Waals surface area contributed by atoms with E-state index in [-0.39, 0.29) is 24.1 Å². The number of anilines is 2. The van der Waals surface area contributed by atoms with Crippen molar-refractivity contribution in [2.24, 2.45) is 5.14 Å². The second-order valence-electron chi connectivity index (χ2n) is 6.92. The summed E-state index contributed by atoms with van der Waals surface area (Å²) in [6.45, 7) is 3.64. The second kappa shape index (κ2) is 7.90. The van der Waals surface area contributed by atoms with Gasteiger partial charge in [-0.15, -0.1) is 0 Å². The molecule has 3 N–H and O–H groups in total. The van der Waals surface area contributed by atoms with Gasteiger partial charge in [0.2, 0.25) is 22.7 Å². The Kier molecular flexibility index (Phi) is 5.31. The van der Waals surface area contributed by atoms with Crippen LogP contribution in [0.15, 0.2) is 47.4 Å². The molecule has 10 heteroatoms. The zero-order valence-electron chi connectivity index (χ0n) is 15.7. The number of amides is 1. The first-order chi connectivity index (χ1) is 13.9. The zero-order chi connectivity index (χ0) is 20.4. The number of piperazine rings is 1. The Balaban J connectivity index is 1.27. The van der Waals surface area contributed by atoms with E-state index < -0.39 is 10.0 Å². The first-order valence-electron chi connectivity index (χ1n) is 9.18. The van der Waals surface area contributed by atoms with Gasteiger partial charge in [0.15, 0.2) is 11.5 Å². The molecule has 2 aliphatic heterocycles. The van der Waals surface area contributed by atoms with Crippen LogP contribution >= 0.6 is 0 Å². The van der Waals surface area contributed by atoms with E-state index in [0.717, 1.165) is 43.4 Å². The molecule has 9 nitrogen and oxygen atoms in total. The first kappa shape index (κ1) is 19.5. The lowest BCUT2D eigenvalue weighted by atomic mass is 10.2. The Morgan fingerprint density at radius 3 is 2.38 bits per heavy atom. The van der Waals surface area contributed by atoms with Crippen molar-refractivity contribution >= 4 is 27.3 Å². The van der Waals surface area contributed by atoms with Crippen molar-refractivity contribution in [3.8, 4) is 11.5 Å². The van der Waals surface area contributed by atoms with Crippen LogP contribution in [0.25, 0.3) is 0 Å². The van der Waals surface area contributed by atoms with Gasteiger partial charge in [0.25, 0.3) is 0 Å². The van der Waals surface area contributed by atoms with E-state index in [0.29, 0.717) is 5.69 Å². The monoisotopic (exact) mass is 418 g/mol. The molecular formula is C19H22N4O5S. The van der Waals surface area contributed by atoms with Gasteiger partial charge in [-0.05, 0) is 36.4 Å². The third-order valence-corrected chi connectivity index (χ3v) is 5.86. The number of hydrogen-bond acceptors (Lipinski definition) is 7. The fraction of sp³-hybridized carbons (Fsp3) is 0.316. The number of fused-ring (bicyclic) bond motifs is 1. The third kappa shape index (κ3) is 4.61. The minimum Gasteiger partial charge on any atom is -0.454 e. The highest BCUT2D eigenvalue weighted by Crippen LogP contribution is 2.35. The number of rotatable bonds is 5. The average molecular weight is 418 g/mol. The molecule has 1 amide bonds. The molecule has 0 bridgehead atoms. The van der Waals surface area contributed by atoms with Crippen molar-refractivity contribution in [3.05, 3.63) is 42.5 Å². The lowest BCUT2D eigenvalue weighted by molar-refractivity contribution is -0.117. The van der Waals surface area contributed by atoms with Gasteiger partial charge >= 0.3 is 0 Å². The predicted molar refractivity (Wildman–Crippen MR) is 108 cm³/mol. The highest BCUT2D eigenvalue weighted by atomic mass is 32.2. The molecule has 1 fully saturated rings. The van der Waals surface area contributed by atoms with Crippen molar-refractivity contribution < 1.29 is 22.7 Å². The molecule has 0 aliphatic carbocycles. The summed E-state index contributed by atoms with van der Waals surface area (Å²) in [4.78, 5) is 16.6. The number of nitrogens with one attached hydrogen (secondary N) is 1. The number of primary sulfonamides is 1. The third-order valence-electron chi connectivity index (χ3n) is 4.93. The molecule has 2 aromatic carbocycles. The maximum atomic E-state index is 12.3. The number of sulfonamides is 1. The fourth-order valence-electron chi connectivity index (χ4n) is 3.38. The summed E-state index contributed by atoms with van der Waals surface area (Å²) in [5.41, 5.74) is 1.61. The van der Waals surface area contributed by atoms with Gasteiger partial charge in [0.05, 0.1) is 11.4 Å². The summed E-state index contributed by atoms with van der Waals surface area (Å²) >= 11 is 0. The van der Waals surface area contributed by atoms with E-state index in [1.165, 1.54) is 24.3 Å². The normalized spacial score (nSPS) is 16.7. The van der Waals surface area contributed by atoms with Crippen LogP contribution < -0.4 is 24.8 Å². The molecule has 0 radical (unpaired) electrons. The summed E-state index contributed by atoms with van der Waals surface area (Å²) in [5.74, 6) is 1.38. The molecular weight excluding hydrogens is 396 g/mol. The first-order valence-corrected chi connectivity index (χ1v) is 10.7. The summed E-state index contributed by atoms with van der Waals surface area (Å²) in [6, 6.07) is 11.7. The summed E-state index contributed by atoms with van der Waals surface area (Å²) in [5, 5.41) is 7.85. The van der Waals surface area contributed by atoms with E-state index in [4.69, 9.17) is 14.6 Å². The lowest BCUT2D eigenvalue weighted by Gasteiger charge is -2.35. The van der Waals surface area contributed by atoms with Crippen LogP contribution in [0.1, 0.15) is 0 Å². The number of carbonyl (C=O) groups excluding carboxylic acids is 1. The molecule has 1 saturated heterocycles. The van der Waals surface area contributed by atoms with Gasteiger partial charge in [-0.2, -0.15) is 0 Å². The van der Waals surface area contributed by atoms with Gasteiger partial charge in [0, 0.05) is 43.6 Å². The maximum Gasteiger partial charge on any atom is 0.238 e. The van der Waals surface area contributed by atoms with Gasteiger partial charge in [0.1, 0.15) is 0 Å². The van der Waals surface area contributed by atoms with Crippen LogP contribution in [0, 0.1) is 0 Å². The minimum atomic E-state index is -3.74. The zero-order valence-corrected chi connectivity index (χ0v) is 16.5. The number of ether oxygens (including phenoxy) is 2. The smallest absolute Gasteiger partial charge is 0.238 e. The van der Waals surface area contributed by atoms with Crippen LogP contribution in [0.5, 0.6) is 11.5 Å². The quantitative estimate of drug-likeness (QED) is 0.739. The van der Waals surface area contributed by atoms with Crippen molar-refractivity contribution in [1.29, 1.82) is 0 Å². The topological polar surface area (TPSA) is 114 Å². The van der Waals surface area contributed by atoms with Crippen molar-refractivity contribution in [1.82, 2.24) is 4.90 Å². The Bertz CT molecular complexity index is 1000. The molecule has 0 atom stereocenters. The number of benzene rings is 2. The van der Waals surface area contributed by atoms with Crippen LogP contribution in [-0.4, -0.2) is 58.7 Å². The lowest BCUT2D eigenvalue weighted by Crippen LogP contribution is -2.48. The molecule has 4 rings (SSSR count). The van der Waals surface area contributed by atoms with Crippen LogP contribution in [0.4, 0.5) is 11.4 Å². The molecule has 2 aromatic rings. The van der Waals surface area contributed by atoms with E-state index in [2.05, 4.69) is 15.1 Å². The van der Waals surface area contributed by atoms with E-state index >= 15 is 0 Å². The molecule has 2 heterocycles. The molecule has 2 aliphatic rings. The van der Waals surface area contributed by atoms with Crippen molar-refractivity contribution in [3.63, 3.8) is 0 Å². The largest absolute Gasteiger partial charge is 0.454 e. The number of carbonyl (C=O) groups is 1. The second-order valence-corrected chi connectivity index (χ2v) is 8.48. The van der Waals surface area contributed by atoms with Gasteiger partial charge < -0.3 is 19.7 Å². The maximum absolute atomic E-state index is 12.3. The number of nitrogens with zero attached hydrogens (tertiary/aromatic N) is 2. The molecule has 0 saturated carbocycles. The number of hydrogen-bond donors (Lipinski definition) is 2. The molecule has 0 spiro atoms. The van der Waals surface area contributed by atoms with Crippen molar-refractivity contribution in [2.45, 2.75) is 4.90 Å². The number of nitrogens with two attached hydrogens (primary N) is 1. The molecule has 154 valence electrons. The Hall–Kier alpha value is -2.82. The van der Waals surface area contributed by atoms with Crippen LogP contribution in [0.2, 0.25) is 0 Å². The summed E-state index contributed by atoms with van der Waals surface area (Å²) in [7, 11) is -3.74. The standard InChI is InChI=1S/C19H22N4O5S/c20-29(25,26)16-4-1-14(2-5-16)21-19(24)12-22-7-9-23(10-8-22)15-3-6-17-18(11-15)28-13-27-17/h1-6,11H,7-10,12-13H2,(H,21,24)(H2,20,25,26). The highest BCUT2D eigenvalue weighted by Gasteiger charge is 2.21.